The van der Waals surface area contributed by atoms with Crippen molar-refractivity contribution >= 4 is 56.1 Å². The van der Waals surface area contributed by atoms with Crippen LogP contribution in [0.2, 0.25) is 0 Å². The van der Waals surface area contributed by atoms with Crippen LogP contribution in [0, 0.1) is 5.92 Å². The molecule has 1 aliphatic heterocycles. The fourth-order valence-electron chi connectivity index (χ4n) is 3.82. The van der Waals surface area contributed by atoms with Gasteiger partial charge in [0.15, 0.2) is 10.8 Å². The lowest BCUT2D eigenvalue weighted by atomic mass is 9.97. The molecule has 0 saturated carbocycles. The van der Waals surface area contributed by atoms with Crippen molar-refractivity contribution in [1.29, 1.82) is 0 Å². The van der Waals surface area contributed by atoms with Gasteiger partial charge in [0, 0.05) is 30.2 Å². The topological polar surface area (TPSA) is 109 Å². The molecule has 9 nitrogen and oxygen atoms in total. The van der Waals surface area contributed by atoms with Crippen molar-refractivity contribution in [1.82, 2.24) is 19.9 Å². The summed E-state index contributed by atoms with van der Waals surface area (Å²) in [4.78, 5) is 49.7. The molecule has 1 atom stereocenters. The Balaban J connectivity index is 1.49. The first-order valence-corrected chi connectivity index (χ1v) is 12.8. The third-order valence-corrected chi connectivity index (χ3v) is 7.27. The zero-order valence-corrected chi connectivity index (χ0v) is 20.2. The number of benzene rings is 1. The predicted molar refractivity (Wildman–Crippen MR) is 132 cm³/mol. The summed E-state index contributed by atoms with van der Waals surface area (Å²) in [5.41, 5.74) is 0.749. The lowest BCUT2D eigenvalue weighted by molar-refractivity contribution is -0.125. The molecule has 1 saturated heterocycles. The number of carbonyl (C=O) groups is 2. The zero-order valence-electron chi connectivity index (χ0n) is 18.5. The first kappa shape index (κ1) is 23.2. The standard InChI is InChI=1S/C22H26N6O3S2/c1-3-23-20(30)14-6-5-9-27(11-14)22-26-19-18(33-22)21(31)28(13-24-19)12-17(29)25-15-7-4-8-16(10-15)32-2/h4,7-8,10,13-14H,3,5-6,9,11-12H2,1-2H3,(H,23,30)(H,25,29)/t14-/m0/s1. The minimum absolute atomic E-state index is 0.0536. The maximum atomic E-state index is 13.0. The van der Waals surface area contributed by atoms with E-state index in [-0.39, 0.29) is 29.8 Å². The number of anilines is 2. The number of carbonyl (C=O) groups excluding carboxylic acids is 2. The van der Waals surface area contributed by atoms with Crippen molar-refractivity contribution in [2.24, 2.45) is 5.92 Å². The molecule has 2 amide bonds. The Hall–Kier alpha value is -2.92. The minimum Gasteiger partial charge on any atom is -0.356 e. The van der Waals surface area contributed by atoms with Crippen LogP contribution in [-0.2, 0) is 16.1 Å². The molecule has 2 N–H and O–H groups in total. The van der Waals surface area contributed by atoms with Crippen LogP contribution in [0.1, 0.15) is 19.8 Å². The fraction of sp³-hybridized carbons (Fsp3) is 0.409. The number of fused-ring (bicyclic) bond motifs is 1. The predicted octanol–water partition coefficient (Wildman–Crippen LogP) is 2.57. The highest BCUT2D eigenvalue weighted by Crippen LogP contribution is 2.29. The van der Waals surface area contributed by atoms with E-state index in [2.05, 4.69) is 20.6 Å². The number of thiazole rings is 1. The first-order valence-electron chi connectivity index (χ1n) is 10.8. The highest BCUT2D eigenvalue weighted by atomic mass is 32.2. The van der Waals surface area contributed by atoms with E-state index in [1.54, 1.807) is 11.8 Å². The molecule has 1 aromatic carbocycles. The molecule has 2 aromatic heterocycles. The second-order valence-electron chi connectivity index (χ2n) is 7.79. The summed E-state index contributed by atoms with van der Waals surface area (Å²) in [7, 11) is 0. The van der Waals surface area contributed by atoms with Crippen molar-refractivity contribution in [3.05, 3.63) is 40.9 Å². The Morgan fingerprint density at radius 2 is 2.18 bits per heavy atom. The van der Waals surface area contributed by atoms with Crippen molar-refractivity contribution in [2.75, 3.05) is 36.1 Å². The number of rotatable bonds is 7. The normalized spacial score (nSPS) is 16.1. The summed E-state index contributed by atoms with van der Waals surface area (Å²) in [6, 6.07) is 7.53. The molecule has 33 heavy (non-hydrogen) atoms. The Labute approximate surface area is 199 Å². The average Bonchev–Trinajstić information content (AvgIpc) is 3.26. The van der Waals surface area contributed by atoms with E-state index >= 15 is 0 Å². The molecule has 3 heterocycles. The van der Waals surface area contributed by atoms with Crippen molar-refractivity contribution < 1.29 is 9.59 Å². The number of nitrogens with zero attached hydrogens (tertiary/aromatic N) is 4. The second kappa shape index (κ2) is 10.3. The highest BCUT2D eigenvalue weighted by Gasteiger charge is 2.27. The summed E-state index contributed by atoms with van der Waals surface area (Å²) in [6.07, 6.45) is 5.05. The summed E-state index contributed by atoms with van der Waals surface area (Å²) in [5, 5.41) is 6.39. The Kier molecular flexibility index (Phi) is 7.29. The van der Waals surface area contributed by atoms with Gasteiger partial charge < -0.3 is 15.5 Å². The van der Waals surface area contributed by atoms with Crippen molar-refractivity contribution in [2.45, 2.75) is 31.2 Å². The van der Waals surface area contributed by atoms with E-state index in [4.69, 9.17) is 0 Å². The SMILES string of the molecule is CCNC(=O)[C@H]1CCCN(c2nc3ncn(CC(=O)Nc4cccc(SC)c4)c(=O)c3s2)C1. The summed E-state index contributed by atoms with van der Waals surface area (Å²) >= 11 is 2.85. The Bertz CT molecular complexity index is 1220. The number of thioether (sulfide) groups is 1. The molecule has 4 rings (SSSR count). The Morgan fingerprint density at radius 3 is 2.97 bits per heavy atom. The molecule has 0 aliphatic carbocycles. The largest absolute Gasteiger partial charge is 0.356 e. The number of aromatic nitrogens is 3. The van der Waals surface area contributed by atoms with Crippen LogP contribution in [0.15, 0.2) is 40.3 Å². The maximum absolute atomic E-state index is 13.0. The molecule has 11 heteroatoms. The fourth-order valence-corrected chi connectivity index (χ4v) is 5.29. The molecule has 0 unspecified atom stereocenters. The van der Waals surface area contributed by atoms with Crippen LogP contribution in [0.5, 0.6) is 0 Å². The zero-order chi connectivity index (χ0) is 23.4. The molecular weight excluding hydrogens is 460 g/mol. The van der Waals surface area contributed by atoms with Gasteiger partial charge in [-0.1, -0.05) is 17.4 Å². The number of nitrogens with one attached hydrogen (secondary N) is 2. The molecule has 0 bridgehead atoms. The van der Waals surface area contributed by atoms with Gasteiger partial charge in [-0.05, 0) is 44.2 Å². The van der Waals surface area contributed by atoms with Gasteiger partial charge in [0.1, 0.15) is 17.6 Å². The summed E-state index contributed by atoms with van der Waals surface area (Å²) in [5.74, 6) is -0.344. The average molecular weight is 487 g/mol. The van der Waals surface area contributed by atoms with Crippen molar-refractivity contribution in [3.63, 3.8) is 0 Å². The smallest absolute Gasteiger partial charge is 0.273 e. The van der Waals surface area contributed by atoms with Gasteiger partial charge >= 0.3 is 0 Å². The minimum atomic E-state index is -0.304. The van der Waals surface area contributed by atoms with Gasteiger partial charge in [-0.2, -0.15) is 4.98 Å². The monoisotopic (exact) mass is 486 g/mol. The van der Waals surface area contributed by atoms with Gasteiger partial charge in [0.2, 0.25) is 11.8 Å². The van der Waals surface area contributed by atoms with Crippen LogP contribution in [0.4, 0.5) is 10.8 Å². The molecule has 3 aromatic rings. The van der Waals surface area contributed by atoms with Crippen LogP contribution < -0.4 is 21.1 Å². The van der Waals surface area contributed by atoms with E-state index in [1.165, 1.54) is 22.2 Å². The lowest BCUT2D eigenvalue weighted by Gasteiger charge is -2.31. The van der Waals surface area contributed by atoms with Crippen molar-refractivity contribution in [3.8, 4) is 0 Å². The molecular formula is C22H26N6O3S2. The number of amides is 2. The molecule has 1 aliphatic rings. The maximum Gasteiger partial charge on any atom is 0.273 e. The van der Waals surface area contributed by atoms with Crippen LogP contribution in [-0.4, -0.2) is 52.2 Å². The van der Waals surface area contributed by atoms with Gasteiger partial charge in [-0.3, -0.25) is 19.0 Å². The van der Waals surface area contributed by atoms with Crippen LogP contribution in [0.25, 0.3) is 10.3 Å². The summed E-state index contributed by atoms with van der Waals surface area (Å²) < 4.78 is 1.70. The van der Waals surface area contributed by atoms with E-state index in [1.807, 2.05) is 42.3 Å². The number of hydrogen-bond donors (Lipinski definition) is 2. The molecule has 1 fully saturated rings. The second-order valence-corrected chi connectivity index (χ2v) is 9.64. The van der Waals surface area contributed by atoms with E-state index < -0.39 is 0 Å². The molecule has 0 spiro atoms. The lowest BCUT2D eigenvalue weighted by Crippen LogP contribution is -2.43. The summed E-state index contributed by atoms with van der Waals surface area (Å²) in [6.45, 7) is 3.72. The van der Waals surface area contributed by atoms with Gasteiger partial charge in [0.05, 0.1) is 5.92 Å². The van der Waals surface area contributed by atoms with E-state index in [0.29, 0.717) is 34.3 Å². The van der Waals surface area contributed by atoms with Crippen LogP contribution >= 0.6 is 23.1 Å². The third-order valence-electron chi connectivity index (χ3n) is 5.45. The van der Waals surface area contributed by atoms with Gasteiger partial charge in [-0.15, -0.1) is 11.8 Å². The van der Waals surface area contributed by atoms with Crippen LogP contribution in [0.3, 0.4) is 0 Å². The third kappa shape index (κ3) is 5.36. The molecule has 174 valence electrons. The Morgan fingerprint density at radius 1 is 1.33 bits per heavy atom. The van der Waals surface area contributed by atoms with E-state index in [0.717, 1.165) is 24.3 Å². The number of hydrogen-bond acceptors (Lipinski definition) is 8. The quantitative estimate of drug-likeness (QED) is 0.494. The first-order chi connectivity index (χ1) is 16.0. The van der Waals surface area contributed by atoms with Gasteiger partial charge in [0.25, 0.3) is 5.56 Å². The van der Waals surface area contributed by atoms with E-state index in [9.17, 15) is 14.4 Å². The molecule has 0 radical (unpaired) electrons. The number of piperidine rings is 1. The van der Waals surface area contributed by atoms with Gasteiger partial charge in [-0.25, -0.2) is 4.98 Å². The highest BCUT2D eigenvalue weighted by molar-refractivity contribution is 7.98.